The summed E-state index contributed by atoms with van der Waals surface area (Å²) in [7, 11) is 0. The molecule has 0 saturated heterocycles. The average Bonchev–Trinajstić information content (AvgIpc) is 2.15. The van der Waals surface area contributed by atoms with E-state index in [4.69, 9.17) is 0 Å². The molecule has 0 heterocycles. The Kier molecular flexibility index (Phi) is 6.46. The predicted octanol–water partition coefficient (Wildman–Crippen LogP) is 3.14. The Morgan fingerprint density at radius 3 is 2.43 bits per heavy atom. The van der Waals surface area contributed by atoms with Crippen LogP contribution in [0.2, 0.25) is 0 Å². The molecular formula is C12H18FN. The number of allylic oxidation sites excluding steroid dienone is 5. The summed E-state index contributed by atoms with van der Waals surface area (Å²) < 4.78 is 12.5. The average molecular weight is 195 g/mol. The van der Waals surface area contributed by atoms with Gasteiger partial charge in [0, 0.05) is 17.8 Å². The number of hydrogen-bond donors (Lipinski definition) is 1. The van der Waals surface area contributed by atoms with Crippen molar-refractivity contribution in [1.82, 2.24) is 5.32 Å². The number of nitrogens with one attached hydrogen (secondary N) is 1. The molecule has 0 aromatic carbocycles. The van der Waals surface area contributed by atoms with Crippen molar-refractivity contribution < 1.29 is 4.39 Å². The van der Waals surface area contributed by atoms with Gasteiger partial charge in [-0.3, -0.25) is 0 Å². The largest absolute Gasteiger partial charge is 0.385 e. The molecule has 0 aromatic rings. The fourth-order valence-electron chi connectivity index (χ4n) is 0.932. The molecule has 0 rings (SSSR count). The van der Waals surface area contributed by atoms with Gasteiger partial charge in [-0.05, 0) is 19.9 Å². The molecule has 2 heteroatoms. The highest BCUT2D eigenvalue weighted by molar-refractivity contribution is 5.33. The van der Waals surface area contributed by atoms with Gasteiger partial charge in [0.1, 0.15) is 6.67 Å². The Morgan fingerprint density at radius 2 is 2.07 bits per heavy atom. The van der Waals surface area contributed by atoms with Crippen LogP contribution >= 0.6 is 0 Å². The van der Waals surface area contributed by atoms with Gasteiger partial charge >= 0.3 is 0 Å². The number of rotatable bonds is 6. The first-order valence-corrected chi connectivity index (χ1v) is 4.64. The first kappa shape index (κ1) is 12.7. The molecule has 0 aliphatic rings. The zero-order valence-corrected chi connectivity index (χ0v) is 8.94. The molecule has 0 fully saturated rings. The third kappa shape index (κ3) is 4.65. The second-order valence-corrected chi connectivity index (χ2v) is 2.99. The van der Waals surface area contributed by atoms with Crippen LogP contribution in [0.3, 0.4) is 0 Å². The van der Waals surface area contributed by atoms with Crippen LogP contribution in [0.5, 0.6) is 0 Å². The molecule has 0 radical (unpaired) electrons. The maximum atomic E-state index is 12.5. The molecule has 0 aromatic heterocycles. The third-order valence-corrected chi connectivity index (χ3v) is 1.64. The lowest BCUT2D eigenvalue weighted by molar-refractivity contribution is 0.545. The van der Waals surface area contributed by atoms with Crippen LogP contribution in [-0.2, 0) is 0 Å². The molecule has 0 saturated carbocycles. The van der Waals surface area contributed by atoms with Crippen molar-refractivity contribution in [2.75, 3.05) is 13.2 Å². The summed E-state index contributed by atoms with van der Waals surface area (Å²) in [5.74, 6) is 0. The van der Waals surface area contributed by atoms with Crippen LogP contribution in [0, 0.1) is 0 Å². The van der Waals surface area contributed by atoms with E-state index in [1.165, 1.54) is 6.08 Å². The molecule has 0 atom stereocenters. The third-order valence-electron chi connectivity index (χ3n) is 1.64. The molecule has 0 bridgehead atoms. The van der Waals surface area contributed by atoms with E-state index >= 15 is 0 Å². The van der Waals surface area contributed by atoms with Gasteiger partial charge in [0.25, 0.3) is 0 Å². The summed E-state index contributed by atoms with van der Waals surface area (Å²) in [5.41, 5.74) is 2.28. The van der Waals surface area contributed by atoms with Gasteiger partial charge in [0.15, 0.2) is 0 Å². The number of alkyl halides is 1. The summed E-state index contributed by atoms with van der Waals surface area (Å²) in [6.45, 7) is 11.4. The highest BCUT2D eigenvalue weighted by Gasteiger charge is 1.98. The molecule has 0 spiro atoms. The monoisotopic (exact) mass is 195 g/mol. The number of hydrogen-bond acceptors (Lipinski definition) is 1. The van der Waals surface area contributed by atoms with Crippen molar-refractivity contribution in [3.8, 4) is 0 Å². The van der Waals surface area contributed by atoms with Gasteiger partial charge in [-0.15, -0.1) is 0 Å². The van der Waals surface area contributed by atoms with Crippen molar-refractivity contribution in [2.24, 2.45) is 0 Å². The smallest absolute Gasteiger partial charge is 0.116 e. The zero-order chi connectivity index (χ0) is 11.0. The lowest BCUT2D eigenvalue weighted by Crippen LogP contribution is -2.13. The Labute approximate surface area is 85.7 Å². The summed E-state index contributed by atoms with van der Waals surface area (Å²) in [6.07, 6.45) is 5.19. The molecule has 0 aliphatic carbocycles. The van der Waals surface area contributed by atoms with E-state index in [-0.39, 0.29) is 0 Å². The predicted molar refractivity (Wildman–Crippen MR) is 60.8 cm³/mol. The standard InChI is InChI=1S/C12H18FN/c1-5-11(9-13)12(14-6-2)8-7-10(3)4/h5,7-8,14H,1,3,6,9H2,2,4H3/b8-7-,12-11+. The summed E-state index contributed by atoms with van der Waals surface area (Å²) in [6, 6.07) is 0. The SMILES string of the molecule is C=C/C(CF)=C(/C=C\C(=C)C)NCC. The second-order valence-electron chi connectivity index (χ2n) is 2.99. The van der Waals surface area contributed by atoms with E-state index in [0.29, 0.717) is 5.57 Å². The summed E-state index contributed by atoms with van der Waals surface area (Å²) in [5, 5.41) is 3.08. The normalized spacial score (nSPS) is 12.5. The molecule has 0 aliphatic heterocycles. The van der Waals surface area contributed by atoms with Crippen LogP contribution < -0.4 is 5.32 Å². The Bertz CT molecular complexity index is 261. The van der Waals surface area contributed by atoms with Crippen molar-refractivity contribution in [1.29, 1.82) is 0 Å². The van der Waals surface area contributed by atoms with E-state index in [0.717, 1.165) is 17.8 Å². The second kappa shape index (κ2) is 7.13. The quantitative estimate of drug-likeness (QED) is 0.642. The maximum absolute atomic E-state index is 12.5. The molecular weight excluding hydrogens is 177 g/mol. The van der Waals surface area contributed by atoms with Crippen LogP contribution in [0.1, 0.15) is 13.8 Å². The van der Waals surface area contributed by atoms with E-state index in [9.17, 15) is 4.39 Å². The summed E-state index contributed by atoms with van der Waals surface area (Å²) in [4.78, 5) is 0. The lowest BCUT2D eigenvalue weighted by atomic mass is 10.2. The van der Waals surface area contributed by atoms with Crippen LogP contribution in [-0.4, -0.2) is 13.2 Å². The van der Waals surface area contributed by atoms with Crippen molar-refractivity contribution in [3.05, 3.63) is 48.2 Å². The molecule has 14 heavy (non-hydrogen) atoms. The van der Waals surface area contributed by atoms with Gasteiger partial charge < -0.3 is 5.32 Å². The molecule has 0 unspecified atom stereocenters. The van der Waals surface area contributed by atoms with Gasteiger partial charge in [-0.2, -0.15) is 0 Å². The van der Waals surface area contributed by atoms with Crippen molar-refractivity contribution in [3.63, 3.8) is 0 Å². The maximum Gasteiger partial charge on any atom is 0.116 e. The fourth-order valence-corrected chi connectivity index (χ4v) is 0.932. The van der Waals surface area contributed by atoms with E-state index in [1.54, 1.807) is 0 Å². The van der Waals surface area contributed by atoms with Crippen LogP contribution in [0.4, 0.5) is 4.39 Å². The summed E-state index contributed by atoms with van der Waals surface area (Å²) >= 11 is 0. The number of likely N-dealkylation sites (N-methyl/N-ethyl adjacent to an activating group) is 1. The Hall–Kier alpha value is -1.31. The van der Waals surface area contributed by atoms with E-state index in [1.807, 2.05) is 26.0 Å². The van der Waals surface area contributed by atoms with Gasteiger partial charge in [-0.1, -0.05) is 30.9 Å². The molecule has 1 nitrogen and oxygen atoms in total. The molecule has 1 N–H and O–H groups in total. The van der Waals surface area contributed by atoms with Crippen LogP contribution in [0.15, 0.2) is 48.2 Å². The highest BCUT2D eigenvalue weighted by Crippen LogP contribution is 2.06. The van der Waals surface area contributed by atoms with Gasteiger partial charge in [-0.25, -0.2) is 4.39 Å². The fraction of sp³-hybridized carbons (Fsp3) is 0.333. The minimum Gasteiger partial charge on any atom is -0.385 e. The minimum absolute atomic E-state index is 0.508. The lowest BCUT2D eigenvalue weighted by Gasteiger charge is -2.07. The Morgan fingerprint density at radius 1 is 1.43 bits per heavy atom. The van der Waals surface area contributed by atoms with E-state index in [2.05, 4.69) is 18.5 Å². The zero-order valence-electron chi connectivity index (χ0n) is 8.94. The minimum atomic E-state index is -0.508. The first-order chi connectivity index (χ1) is 6.65. The number of halogens is 1. The van der Waals surface area contributed by atoms with E-state index < -0.39 is 6.67 Å². The molecule has 78 valence electrons. The topological polar surface area (TPSA) is 12.0 Å². The van der Waals surface area contributed by atoms with Crippen LogP contribution in [0.25, 0.3) is 0 Å². The first-order valence-electron chi connectivity index (χ1n) is 4.64. The molecule has 0 amide bonds. The Balaban J connectivity index is 4.81. The van der Waals surface area contributed by atoms with Crippen molar-refractivity contribution in [2.45, 2.75) is 13.8 Å². The van der Waals surface area contributed by atoms with Crippen molar-refractivity contribution >= 4 is 0 Å². The highest BCUT2D eigenvalue weighted by atomic mass is 19.1. The van der Waals surface area contributed by atoms with Gasteiger partial charge in [0.2, 0.25) is 0 Å². The van der Waals surface area contributed by atoms with Gasteiger partial charge in [0.05, 0.1) is 0 Å².